The summed E-state index contributed by atoms with van der Waals surface area (Å²) in [4.78, 5) is 16.7. The zero-order valence-electron chi connectivity index (χ0n) is 11.5. The lowest BCUT2D eigenvalue weighted by atomic mass is 10.1. The van der Waals surface area contributed by atoms with Crippen molar-refractivity contribution in [1.29, 1.82) is 0 Å². The van der Waals surface area contributed by atoms with Crippen molar-refractivity contribution in [3.05, 3.63) is 35.5 Å². The van der Waals surface area contributed by atoms with Gasteiger partial charge in [0.2, 0.25) is 0 Å². The van der Waals surface area contributed by atoms with Gasteiger partial charge in [-0.25, -0.2) is 0 Å². The number of nitrogens with one attached hydrogen (secondary N) is 1. The maximum Gasteiger partial charge on any atom is 0.252 e. The molecule has 0 spiro atoms. The summed E-state index contributed by atoms with van der Waals surface area (Å²) in [5, 5.41) is 3.77. The van der Waals surface area contributed by atoms with E-state index in [1.807, 2.05) is 32.9 Å². The average Bonchev–Trinajstić information content (AvgIpc) is 2.38. The molecule has 0 aliphatic carbocycles. The Kier molecular flexibility index (Phi) is 3.69. The summed E-state index contributed by atoms with van der Waals surface area (Å²) < 4.78 is 0. The van der Waals surface area contributed by atoms with E-state index in [1.54, 1.807) is 12.1 Å². The largest absolute Gasteiger partial charge is 0.397 e. The SMILES string of the molecule is CCC(C)NC(=O)c1cc(C)nc2c(N)cccc12. The highest BCUT2D eigenvalue weighted by atomic mass is 16.1. The molecular formula is C15H19N3O. The molecule has 1 aromatic heterocycles. The summed E-state index contributed by atoms with van der Waals surface area (Å²) >= 11 is 0. The van der Waals surface area contributed by atoms with Crippen molar-refractivity contribution < 1.29 is 4.79 Å². The van der Waals surface area contributed by atoms with Gasteiger partial charge in [0.15, 0.2) is 0 Å². The number of para-hydroxylation sites is 1. The van der Waals surface area contributed by atoms with Gasteiger partial charge in [0.1, 0.15) is 0 Å². The maximum atomic E-state index is 12.3. The first-order valence-corrected chi connectivity index (χ1v) is 6.49. The third-order valence-corrected chi connectivity index (χ3v) is 3.23. The number of hydrogen-bond donors (Lipinski definition) is 2. The molecule has 1 aromatic carbocycles. The predicted octanol–water partition coefficient (Wildman–Crippen LogP) is 2.65. The zero-order valence-corrected chi connectivity index (χ0v) is 11.5. The summed E-state index contributed by atoms with van der Waals surface area (Å²) in [6.07, 6.45) is 0.899. The van der Waals surface area contributed by atoms with Crippen LogP contribution in [0.2, 0.25) is 0 Å². The molecule has 0 bridgehead atoms. The number of rotatable bonds is 3. The smallest absolute Gasteiger partial charge is 0.252 e. The van der Waals surface area contributed by atoms with Crippen LogP contribution in [0.25, 0.3) is 10.9 Å². The van der Waals surface area contributed by atoms with Crippen LogP contribution in [0.4, 0.5) is 5.69 Å². The minimum Gasteiger partial charge on any atom is -0.397 e. The standard InChI is InChI=1S/C15H19N3O/c1-4-9(2)18-15(19)12-8-10(3)17-14-11(12)6-5-7-13(14)16/h5-9H,4,16H2,1-3H3,(H,18,19). The first kappa shape index (κ1) is 13.3. The molecule has 1 atom stereocenters. The van der Waals surface area contributed by atoms with Gasteiger partial charge in [0, 0.05) is 17.1 Å². The second-order valence-electron chi connectivity index (χ2n) is 4.84. The van der Waals surface area contributed by atoms with E-state index in [9.17, 15) is 4.79 Å². The topological polar surface area (TPSA) is 68.0 Å². The highest BCUT2D eigenvalue weighted by Crippen LogP contribution is 2.23. The number of benzene rings is 1. The van der Waals surface area contributed by atoms with E-state index in [-0.39, 0.29) is 11.9 Å². The Morgan fingerprint density at radius 1 is 1.47 bits per heavy atom. The Labute approximate surface area is 113 Å². The van der Waals surface area contributed by atoms with Crippen molar-refractivity contribution in [2.45, 2.75) is 33.2 Å². The van der Waals surface area contributed by atoms with Gasteiger partial charge in [0.05, 0.1) is 16.8 Å². The lowest BCUT2D eigenvalue weighted by Gasteiger charge is -2.13. The van der Waals surface area contributed by atoms with Gasteiger partial charge in [-0.15, -0.1) is 0 Å². The van der Waals surface area contributed by atoms with Gasteiger partial charge in [-0.05, 0) is 32.4 Å². The van der Waals surface area contributed by atoms with Crippen molar-refractivity contribution in [2.75, 3.05) is 5.73 Å². The first-order valence-electron chi connectivity index (χ1n) is 6.49. The number of hydrogen-bond acceptors (Lipinski definition) is 3. The van der Waals surface area contributed by atoms with Crippen LogP contribution in [0.5, 0.6) is 0 Å². The Balaban J connectivity index is 2.54. The van der Waals surface area contributed by atoms with Crippen molar-refractivity contribution in [1.82, 2.24) is 10.3 Å². The molecular weight excluding hydrogens is 238 g/mol. The molecule has 19 heavy (non-hydrogen) atoms. The van der Waals surface area contributed by atoms with Gasteiger partial charge < -0.3 is 11.1 Å². The second kappa shape index (κ2) is 5.26. The lowest BCUT2D eigenvalue weighted by molar-refractivity contribution is 0.0941. The van der Waals surface area contributed by atoms with E-state index in [0.29, 0.717) is 16.8 Å². The number of nitrogens with zero attached hydrogens (tertiary/aromatic N) is 1. The normalized spacial score (nSPS) is 12.4. The van der Waals surface area contributed by atoms with Gasteiger partial charge in [-0.2, -0.15) is 0 Å². The number of pyridine rings is 1. The molecule has 0 saturated carbocycles. The van der Waals surface area contributed by atoms with Crippen molar-refractivity contribution in [2.24, 2.45) is 0 Å². The Bertz CT molecular complexity index is 622. The number of carbonyl (C=O) groups is 1. The number of amides is 1. The summed E-state index contributed by atoms with van der Waals surface area (Å²) in [5.74, 6) is -0.0737. The van der Waals surface area contributed by atoms with E-state index >= 15 is 0 Å². The monoisotopic (exact) mass is 257 g/mol. The van der Waals surface area contributed by atoms with E-state index in [0.717, 1.165) is 17.5 Å². The summed E-state index contributed by atoms with van der Waals surface area (Å²) in [5.41, 5.74) is 8.64. The molecule has 4 heteroatoms. The van der Waals surface area contributed by atoms with Crippen LogP contribution in [-0.4, -0.2) is 16.9 Å². The first-order chi connectivity index (χ1) is 9.02. The maximum absolute atomic E-state index is 12.3. The third-order valence-electron chi connectivity index (χ3n) is 3.23. The molecule has 1 heterocycles. The predicted molar refractivity (Wildman–Crippen MR) is 78.1 cm³/mol. The number of aryl methyl sites for hydroxylation is 1. The molecule has 3 N–H and O–H groups in total. The molecule has 0 aliphatic heterocycles. The lowest BCUT2D eigenvalue weighted by Crippen LogP contribution is -2.32. The van der Waals surface area contributed by atoms with E-state index < -0.39 is 0 Å². The average molecular weight is 257 g/mol. The minimum absolute atomic E-state index is 0.0737. The number of nitrogens with two attached hydrogens (primary N) is 1. The quantitative estimate of drug-likeness (QED) is 0.831. The van der Waals surface area contributed by atoms with Crippen LogP contribution in [0.3, 0.4) is 0 Å². The zero-order chi connectivity index (χ0) is 14.0. The minimum atomic E-state index is -0.0737. The van der Waals surface area contributed by atoms with E-state index in [1.165, 1.54) is 0 Å². The number of anilines is 1. The molecule has 2 aromatic rings. The van der Waals surface area contributed by atoms with E-state index in [4.69, 9.17) is 5.73 Å². The van der Waals surface area contributed by atoms with E-state index in [2.05, 4.69) is 10.3 Å². The van der Waals surface area contributed by atoms with Crippen LogP contribution in [-0.2, 0) is 0 Å². The molecule has 0 fully saturated rings. The van der Waals surface area contributed by atoms with Crippen molar-refractivity contribution in [3.8, 4) is 0 Å². The fourth-order valence-electron chi connectivity index (χ4n) is 1.99. The van der Waals surface area contributed by atoms with Gasteiger partial charge in [0.25, 0.3) is 5.91 Å². The summed E-state index contributed by atoms with van der Waals surface area (Å²) in [6, 6.07) is 7.47. The molecule has 0 aliphatic rings. The third kappa shape index (κ3) is 2.67. The molecule has 1 unspecified atom stereocenters. The molecule has 2 rings (SSSR count). The number of carbonyl (C=O) groups excluding carboxylic acids is 1. The van der Waals surface area contributed by atoms with Crippen LogP contribution in [0.1, 0.15) is 36.3 Å². The number of aromatic nitrogens is 1. The Hall–Kier alpha value is -2.10. The van der Waals surface area contributed by atoms with Crippen molar-refractivity contribution in [3.63, 3.8) is 0 Å². The fraction of sp³-hybridized carbons (Fsp3) is 0.333. The molecule has 0 radical (unpaired) electrons. The Morgan fingerprint density at radius 2 is 2.21 bits per heavy atom. The van der Waals surface area contributed by atoms with Gasteiger partial charge >= 0.3 is 0 Å². The van der Waals surface area contributed by atoms with Crippen LogP contribution < -0.4 is 11.1 Å². The molecule has 1 amide bonds. The summed E-state index contributed by atoms with van der Waals surface area (Å²) in [7, 11) is 0. The van der Waals surface area contributed by atoms with Crippen LogP contribution in [0, 0.1) is 6.92 Å². The van der Waals surface area contributed by atoms with Gasteiger partial charge in [-0.3, -0.25) is 9.78 Å². The number of nitrogen functional groups attached to an aromatic ring is 1. The van der Waals surface area contributed by atoms with Crippen LogP contribution in [0.15, 0.2) is 24.3 Å². The fourth-order valence-corrected chi connectivity index (χ4v) is 1.99. The van der Waals surface area contributed by atoms with Crippen molar-refractivity contribution >= 4 is 22.5 Å². The number of fused-ring (bicyclic) bond motifs is 1. The van der Waals surface area contributed by atoms with Gasteiger partial charge in [-0.1, -0.05) is 19.1 Å². The van der Waals surface area contributed by atoms with Crippen LogP contribution >= 0.6 is 0 Å². The highest BCUT2D eigenvalue weighted by Gasteiger charge is 2.14. The highest BCUT2D eigenvalue weighted by molar-refractivity contribution is 6.08. The molecule has 0 saturated heterocycles. The molecule has 100 valence electrons. The summed E-state index contributed by atoms with van der Waals surface area (Å²) in [6.45, 7) is 5.90. The molecule has 4 nitrogen and oxygen atoms in total. The Morgan fingerprint density at radius 3 is 2.89 bits per heavy atom. The second-order valence-corrected chi connectivity index (χ2v) is 4.84.